The number of aromatic nitrogens is 1. The van der Waals surface area contributed by atoms with Gasteiger partial charge in [0, 0.05) is 24.7 Å². The number of anilines is 1. The fraction of sp³-hybridized carbons (Fsp3) is 0.300. The van der Waals surface area contributed by atoms with Crippen molar-refractivity contribution in [1.82, 2.24) is 15.2 Å². The number of hydrogen-bond donors (Lipinski definition) is 3. The fourth-order valence-electron chi connectivity index (χ4n) is 8.02. The SMILES string of the molecule is CCOC(=O)/C=C/[C@H](CCC(=O)NC(c1ccccc1)(c1ccccc1)c1ccccc1)NC(=O)[C@H](CC1CCCCC1)n1cccc(NC(=O)OCc2ccccc2)c1=O. The summed E-state index contributed by atoms with van der Waals surface area (Å²) < 4.78 is 11.9. The molecule has 3 N–H and O–H groups in total. The van der Waals surface area contributed by atoms with Gasteiger partial charge in [-0.1, -0.05) is 160 Å². The zero-order chi connectivity index (χ0) is 42.9. The van der Waals surface area contributed by atoms with Gasteiger partial charge in [-0.3, -0.25) is 19.7 Å². The van der Waals surface area contributed by atoms with Crippen molar-refractivity contribution in [3.8, 4) is 0 Å². The second kappa shape index (κ2) is 22.0. The lowest BCUT2D eigenvalue weighted by Gasteiger charge is -2.37. The Balaban J connectivity index is 1.25. The minimum Gasteiger partial charge on any atom is -0.463 e. The van der Waals surface area contributed by atoms with E-state index >= 15 is 0 Å². The summed E-state index contributed by atoms with van der Waals surface area (Å²) in [7, 11) is 0. The molecule has 11 heteroatoms. The molecule has 2 atom stereocenters. The molecule has 1 aliphatic rings. The van der Waals surface area contributed by atoms with Crippen LogP contribution in [-0.4, -0.2) is 41.1 Å². The number of pyridine rings is 1. The summed E-state index contributed by atoms with van der Waals surface area (Å²) in [4.78, 5) is 68.2. The molecule has 3 amide bonds. The lowest BCUT2D eigenvalue weighted by atomic mass is 9.77. The Morgan fingerprint density at radius 2 is 1.33 bits per heavy atom. The van der Waals surface area contributed by atoms with E-state index in [2.05, 4.69) is 16.0 Å². The van der Waals surface area contributed by atoms with E-state index in [0.29, 0.717) is 6.42 Å². The van der Waals surface area contributed by atoms with Crippen LogP contribution in [0.2, 0.25) is 0 Å². The van der Waals surface area contributed by atoms with E-state index in [-0.39, 0.29) is 43.6 Å². The molecule has 6 rings (SSSR count). The van der Waals surface area contributed by atoms with Crippen molar-refractivity contribution in [3.63, 3.8) is 0 Å². The standard InChI is InChI=1S/C50H54N4O7/c1-2-60-46(56)33-31-42(30-32-45(55)53-50(39-23-12-5-13-24-39,40-25-14-6-15-26-40)41-27-16-7-17-28-41)51-47(57)44(35-37-19-8-3-9-20-37)54-34-18-29-43(48(54)58)52-49(59)61-36-38-21-10-4-11-22-38/h4-7,10-18,21-29,31,33-34,37,42,44H,2-3,8-9,19-20,30,32,35-36H2,1H3,(H,51,57)(H,52,59)(H,53,55)/b33-31+/t42-,44-/m0/s1. The molecule has 1 aliphatic carbocycles. The number of hydrogen-bond acceptors (Lipinski definition) is 7. The van der Waals surface area contributed by atoms with E-state index in [4.69, 9.17) is 9.47 Å². The predicted molar refractivity (Wildman–Crippen MR) is 235 cm³/mol. The molecule has 0 spiro atoms. The van der Waals surface area contributed by atoms with E-state index in [9.17, 15) is 24.0 Å². The van der Waals surface area contributed by atoms with Gasteiger partial charge in [-0.2, -0.15) is 0 Å². The molecule has 1 saturated carbocycles. The summed E-state index contributed by atoms with van der Waals surface area (Å²) in [6, 6.07) is 39.8. The molecule has 1 heterocycles. The largest absolute Gasteiger partial charge is 0.463 e. The number of nitrogens with zero attached hydrogens (tertiary/aromatic N) is 1. The molecule has 0 bridgehead atoms. The van der Waals surface area contributed by atoms with Gasteiger partial charge in [-0.05, 0) is 60.1 Å². The minimum absolute atomic E-state index is 0.0187. The van der Waals surface area contributed by atoms with Crippen LogP contribution in [0.3, 0.4) is 0 Å². The van der Waals surface area contributed by atoms with E-state index in [0.717, 1.165) is 54.4 Å². The smallest absolute Gasteiger partial charge is 0.412 e. The first-order chi connectivity index (χ1) is 29.8. The highest BCUT2D eigenvalue weighted by atomic mass is 16.5. The van der Waals surface area contributed by atoms with Gasteiger partial charge in [0.2, 0.25) is 11.8 Å². The Hall–Kier alpha value is -6.75. The molecule has 1 fully saturated rings. The van der Waals surface area contributed by atoms with E-state index in [1.54, 1.807) is 19.2 Å². The topological polar surface area (TPSA) is 145 Å². The van der Waals surface area contributed by atoms with Crippen molar-refractivity contribution in [2.24, 2.45) is 5.92 Å². The highest BCUT2D eigenvalue weighted by molar-refractivity contribution is 5.85. The summed E-state index contributed by atoms with van der Waals surface area (Å²) in [5.74, 6) is -1.14. The molecule has 0 radical (unpaired) electrons. The van der Waals surface area contributed by atoms with Crippen molar-refractivity contribution in [2.45, 2.75) is 82.5 Å². The number of carbonyl (C=O) groups excluding carboxylic acids is 4. The number of esters is 1. The van der Waals surface area contributed by atoms with Crippen LogP contribution in [0.25, 0.3) is 0 Å². The minimum atomic E-state index is -1.04. The second-order valence-corrected chi connectivity index (χ2v) is 15.2. The van der Waals surface area contributed by atoms with Gasteiger partial charge >= 0.3 is 12.1 Å². The Morgan fingerprint density at radius 1 is 0.754 bits per heavy atom. The van der Waals surface area contributed by atoms with Gasteiger partial charge in [-0.15, -0.1) is 0 Å². The lowest BCUT2D eigenvalue weighted by molar-refractivity contribution is -0.137. The Kier molecular flexibility index (Phi) is 15.8. The Labute approximate surface area is 357 Å². The lowest BCUT2D eigenvalue weighted by Crippen LogP contribution is -2.48. The van der Waals surface area contributed by atoms with Crippen LogP contribution in [-0.2, 0) is 36.0 Å². The number of nitrogens with one attached hydrogen (secondary N) is 3. The normalized spacial score (nSPS) is 14.0. The monoisotopic (exact) mass is 822 g/mol. The van der Waals surface area contributed by atoms with Gasteiger partial charge in [0.25, 0.3) is 5.56 Å². The third kappa shape index (κ3) is 11.9. The molecular formula is C50H54N4O7. The van der Waals surface area contributed by atoms with Crippen molar-refractivity contribution in [3.05, 3.63) is 184 Å². The average Bonchev–Trinajstić information content (AvgIpc) is 3.30. The maximum absolute atomic E-state index is 14.5. The number of rotatable bonds is 18. The Bertz CT molecular complexity index is 2180. The van der Waals surface area contributed by atoms with Crippen LogP contribution >= 0.6 is 0 Å². The molecule has 0 saturated heterocycles. The molecule has 0 unspecified atom stereocenters. The number of carbonyl (C=O) groups is 4. The molecular weight excluding hydrogens is 769 g/mol. The van der Waals surface area contributed by atoms with Crippen molar-refractivity contribution in [2.75, 3.05) is 11.9 Å². The summed E-state index contributed by atoms with van der Waals surface area (Å²) in [6.45, 7) is 1.89. The molecule has 0 aliphatic heterocycles. The molecule has 61 heavy (non-hydrogen) atoms. The van der Waals surface area contributed by atoms with Crippen molar-refractivity contribution >= 4 is 29.6 Å². The van der Waals surface area contributed by atoms with Gasteiger partial charge in [0.05, 0.1) is 6.61 Å². The third-order valence-electron chi connectivity index (χ3n) is 11.1. The van der Waals surface area contributed by atoms with Crippen molar-refractivity contribution in [1.29, 1.82) is 0 Å². The summed E-state index contributed by atoms with van der Waals surface area (Å²) >= 11 is 0. The van der Waals surface area contributed by atoms with Crippen LogP contribution in [0, 0.1) is 5.92 Å². The third-order valence-corrected chi connectivity index (χ3v) is 11.1. The van der Waals surface area contributed by atoms with Crippen LogP contribution in [0.1, 0.15) is 86.6 Å². The summed E-state index contributed by atoms with van der Waals surface area (Å²) in [6.07, 6.45) is 9.02. The van der Waals surface area contributed by atoms with Crippen molar-refractivity contribution < 1.29 is 28.7 Å². The molecule has 5 aromatic rings. The van der Waals surface area contributed by atoms with Crippen LogP contribution < -0.4 is 21.5 Å². The maximum atomic E-state index is 14.5. The first-order valence-corrected chi connectivity index (χ1v) is 21.1. The molecule has 1 aromatic heterocycles. The summed E-state index contributed by atoms with van der Waals surface area (Å²) in [5.41, 5.74) is 1.75. The first kappa shape index (κ1) is 43.8. The number of benzene rings is 4. The van der Waals surface area contributed by atoms with Gasteiger partial charge in [0.15, 0.2) is 0 Å². The predicted octanol–water partition coefficient (Wildman–Crippen LogP) is 8.60. The quantitative estimate of drug-likeness (QED) is 0.0456. The van der Waals surface area contributed by atoms with Gasteiger partial charge < -0.3 is 24.7 Å². The zero-order valence-electron chi connectivity index (χ0n) is 34.5. The van der Waals surface area contributed by atoms with E-state index in [1.807, 2.05) is 121 Å². The molecule has 316 valence electrons. The van der Waals surface area contributed by atoms with E-state index < -0.39 is 41.2 Å². The average molecular weight is 823 g/mol. The molecule has 11 nitrogen and oxygen atoms in total. The zero-order valence-corrected chi connectivity index (χ0v) is 34.5. The highest BCUT2D eigenvalue weighted by Crippen LogP contribution is 2.37. The second-order valence-electron chi connectivity index (χ2n) is 15.2. The number of ether oxygens (including phenoxy) is 2. The highest BCUT2D eigenvalue weighted by Gasteiger charge is 2.38. The van der Waals surface area contributed by atoms with Crippen LogP contribution in [0.5, 0.6) is 0 Å². The maximum Gasteiger partial charge on any atom is 0.412 e. The molecule has 4 aromatic carbocycles. The van der Waals surface area contributed by atoms with Gasteiger partial charge in [0.1, 0.15) is 23.9 Å². The number of amides is 3. The van der Waals surface area contributed by atoms with E-state index in [1.165, 1.54) is 22.8 Å². The van der Waals surface area contributed by atoms with Crippen LogP contribution in [0.15, 0.2) is 157 Å². The Morgan fingerprint density at radius 3 is 1.90 bits per heavy atom. The fourth-order valence-corrected chi connectivity index (χ4v) is 8.02. The van der Waals surface area contributed by atoms with Gasteiger partial charge in [-0.25, -0.2) is 9.59 Å². The van der Waals surface area contributed by atoms with Crippen LogP contribution in [0.4, 0.5) is 10.5 Å². The first-order valence-electron chi connectivity index (χ1n) is 21.1. The summed E-state index contributed by atoms with van der Waals surface area (Å²) in [5, 5.41) is 8.98.